The Morgan fingerprint density at radius 2 is 0.663 bits per heavy atom. The van der Waals surface area contributed by atoms with Gasteiger partial charge in [-0.3, -0.25) is 19.4 Å². The van der Waals surface area contributed by atoms with E-state index in [0.717, 1.165) is 140 Å². The van der Waals surface area contributed by atoms with Crippen LogP contribution in [-0.2, 0) is 9.59 Å². The summed E-state index contributed by atoms with van der Waals surface area (Å²) < 4.78 is 0. The Kier molecular flexibility index (Phi) is 70.2. The summed E-state index contributed by atoms with van der Waals surface area (Å²) in [5, 5.41) is 48.2. The van der Waals surface area contributed by atoms with Crippen LogP contribution in [0.15, 0.2) is 24.3 Å². The van der Waals surface area contributed by atoms with Crippen LogP contribution in [0.5, 0.6) is 0 Å². The van der Waals surface area contributed by atoms with Crippen molar-refractivity contribution in [3.05, 3.63) is 24.3 Å². The molecular weight excluding hydrogens is 1180 g/mol. The molecule has 546 valence electrons. The van der Waals surface area contributed by atoms with Gasteiger partial charge in [-0.15, -0.1) is 0 Å². The summed E-state index contributed by atoms with van der Waals surface area (Å²) in [5.74, 6) is 1.55. The van der Waals surface area contributed by atoms with Gasteiger partial charge >= 0.3 is 0 Å². The van der Waals surface area contributed by atoms with Crippen molar-refractivity contribution in [1.29, 1.82) is 0 Å². The van der Waals surface area contributed by atoms with Crippen molar-refractivity contribution in [2.45, 2.75) is 387 Å². The lowest BCUT2D eigenvalue weighted by Gasteiger charge is -2.28. The molecule has 13 heteroatoms. The van der Waals surface area contributed by atoms with Crippen LogP contribution < -0.4 is 5.32 Å². The highest BCUT2D eigenvalue weighted by atomic mass is 33.1. The molecule has 0 spiro atoms. The first-order valence-electron chi connectivity index (χ1n) is 39.9. The summed E-state index contributed by atoms with van der Waals surface area (Å²) in [6.45, 7) is 20.3. The van der Waals surface area contributed by atoms with Crippen LogP contribution in [-0.4, -0.2) is 166 Å². The molecule has 5 N–H and O–H groups in total. The van der Waals surface area contributed by atoms with Crippen LogP contribution in [0.2, 0.25) is 0 Å². The molecule has 0 bridgehead atoms. The molecule has 0 aliphatic heterocycles. The van der Waals surface area contributed by atoms with Crippen LogP contribution in [0.25, 0.3) is 0 Å². The highest BCUT2D eigenvalue weighted by Gasteiger charge is 2.25. The molecule has 0 fully saturated rings. The zero-order valence-corrected chi connectivity index (χ0v) is 63.7. The molecule has 0 saturated heterocycles. The average molecular weight is 1340 g/mol. The van der Waals surface area contributed by atoms with Gasteiger partial charge in [-0.25, -0.2) is 0 Å². The molecule has 0 rings (SSSR count). The quantitative estimate of drug-likeness (QED) is 0.0226. The van der Waals surface area contributed by atoms with Gasteiger partial charge in [0.1, 0.15) is 6.04 Å². The van der Waals surface area contributed by atoms with Crippen LogP contribution >= 0.6 is 21.6 Å². The standard InChI is InChI=1S/C79H157N5O6S2/c1-8-14-18-22-26-30-32-34-36-38-40-44-48-52-57-73(85)69-83(70-74(86)58-53-49-45-41-39-37-35-33-31-27-23-19-15-9-2)63-54-55-67-91-92-68-62-77(79(90)81(7)65-66-82(12-5)13-6)80-78(89)61-56-64-84(71-75(87)59-50-46-42-28-24-20-16-10-3)72-76(88)60-51-47-43-29-25-21-17-11-4/h34-37,73-77,85-88H,8-33,38-72H2,1-7H3,(H,80,89)/b36-34-,37-35-. The van der Waals surface area contributed by atoms with E-state index in [1.54, 1.807) is 15.7 Å². The number of hydrogen-bond donors (Lipinski definition) is 5. The third kappa shape index (κ3) is 62.4. The third-order valence-electron chi connectivity index (χ3n) is 18.8. The Morgan fingerprint density at radius 1 is 0.348 bits per heavy atom. The van der Waals surface area contributed by atoms with Gasteiger partial charge in [0.25, 0.3) is 0 Å². The summed E-state index contributed by atoms with van der Waals surface area (Å²) in [6.07, 6.45) is 64.2. The normalized spacial score (nSPS) is 13.8. The Morgan fingerprint density at radius 3 is 1.01 bits per heavy atom. The summed E-state index contributed by atoms with van der Waals surface area (Å²) in [5.41, 5.74) is 0. The van der Waals surface area contributed by atoms with E-state index >= 15 is 0 Å². The number of hydrogen-bond acceptors (Lipinski definition) is 11. The summed E-state index contributed by atoms with van der Waals surface area (Å²) in [4.78, 5) is 36.5. The summed E-state index contributed by atoms with van der Waals surface area (Å²) in [6, 6.07) is -0.606. The van der Waals surface area contributed by atoms with Gasteiger partial charge in [-0.05, 0) is 129 Å². The maximum atomic E-state index is 14.1. The van der Waals surface area contributed by atoms with Crippen molar-refractivity contribution >= 4 is 33.4 Å². The number of carbonyl (C=O) groups excluding carboxylic acids is 2. The number of allylic oxidation sites excluding steroid dienone is 4. The number of likely N-dealkylation sites (N-methyl/N-ethyl adjacent to an activating group) is 2. The largest absolute Gasteiger partial charge is 0.392 e. The number of rotatable bonds is 74. The van der Waals surface area contributed by atoms with Crippen LogP contribution in [0.4, 0.5) is 0 Å². The van der Waals surface area contributed by atoms with Crippen molar-refractivity contribution in [3.63, 3.8) is 0 Å². The van der Waals surface area contributed by atoms with Gasteiger partial charge < -0.3 is 35.5 Å². The Labute approximate surface area is 580 Å². The summed E-state index contributed by atoms with van der Waals surface area (Å²) >= 11 is 0. The molecule has 0 aliphatic carbocycles. The molecule has 5 atom stereocenters. The maximum absolute atomic E-state index is 14.1. The van der Waals surface area contributed by atoms with Gasteiger partial charge in [0.15, 0.2) is 0 Å². The Bertz CT molecular complexity index is 1520. The van der Waals surface area contributed by atoms with Crippen molar-refractivity contribution < 1.29 is 30.0 Å². The fraction of sp³-hybridized carbons (Fsp3) is 0.924. The molecule has 0 aromatic carbocycles. The molecule has 0 aliphatic rings. The van der Waals surface area contributed by atoms with Gasteiger partial charge in [-0.1, -0.05) is 293 Å². The fourth-order valence-electron chi connectivity index (χ4n) is 12.6. The lowest BCUT2D eigenvalue weighted by atomic mass is 10.0. The number of carbonyl (C=O) groups is 2. The van der Waals surface area contributed by atoms with E-state index in [-0.39, 0.29) is 30.4 Å². The van der Waals surface area contributed by atoms with E-state index in [2.05, 4.69) is 85.9 Å². The number of nitrogens with zero attached hydrogens (tertiary/aromatic N) is 4. The lowest BCUT2D eigenvalue weighted by molar-refractivity contribution is -0.135. The monoisotopic (exact) mass is 1340 g/mol. The SMILES string of the molecule is CCCCCCCC/C=C\CCCCCCC(O)CN(CCCCSSCCC(NC(=O)CCCN(CC(O)CCCCCCCCCC)CC(O)CCCCCCCCCC)C(=O)N(C)CCN(CC)CC)CC(O)CCCCCC/C=C\CCCCCCCC. The molecule has 92 heavy (non-hydrogen) atoms. The molecule has 2 amide bonds. The first kappa shape index (κ1) is 90.8. The second kappa shape index (κ2) is 71.1. The lowest BCUT2D eigenvalue weighted by Crippen LogP contribution is -2.49. The predicted octanol–water partition coefficient (Wildman–Crippen LogP) is 20.0. The minimum atomic E-state index is -0.606. The van der Waals surface area contributed by atoms with E-state index in [1.165, 1.54) is 193 Å². The molecule has 0 radical (unpaired) electrons. The van der Waals surface area contributed by atoms with Gasteiger partial charge in [-0.2, -0.15) is 0 Å². The maximum Gasteiger partial charge on any atom is 0.244 e. The topological polar surface area (TPSA) is 140 Å². The molecule has 5 unspecified atom stereocenters. The Hall–Kier alpha value is -1.16. The van der Waals surface area contributed by atoms with Gasteiger partial charge in [0, 0.05) is 64.2 Å². The molecule has 11 nitrogen and oxygen atoms in total. The first-order valence-corrected chi connectivity index (χ1v) is 42.4. The fourth-order valence-corrected chi connectivity index (χ4v) is 14.9. The van der Waals surface area contributed by atoms with Gasteiger partial charge in [0.05, 0.1) is 24.4 Å². The molecule has 0 aromatic heterocycles. The molecule has 0 aromatic rings. The van der Waals surface area contributed by atoms with E-state index in [0.29, 0.717) is 52.1 Å². The third-order valence-corrected chi connectivity index (χ3v) is 21.3. The smallest absolute Gasteiger partial charge is 0.244 e. The highest BCUT2D eigenvalue weighted by molar-refractivity contribution is 8.76. The zero-order valence-electron chi connectivity index (χ0n) is 62.0. The molecule has 0 saturated carbocycles. The number of amides is 2. The van der Waals surface area contributed by atoms with Crippen molar-refractivity contribution in [2.75, 3.05) is 84.0 Å². The van der Waals surface area contributed by atoms with Gasteiger partial charge in [0.2, 0.25) is 11.8 Å². The minimum Gasteiger partial charge on any atom is -0.392 e. The number of aliphatic hydroxyl groups is 4. The van der Waals surface area contributed by atoms with Crippen molar-refractivity contribution in [1.82, 2.24) is 24.9 Å². The molecular formula is C79H157N5O6S2. The van der Waals surface area contributed by atoms with E-state index in [4.69, 9.17) is 0 Å². The minimum absolute atomic E-state index is 0.0427. The number of unbranched alkanes of at least 4 members (excludes halogenated alkanes) is 35. The highest BCUT2D eigenvalue weighted by Crippen LogP contribution is 2.25. The van der Waals surface area contributed by atoms with E-state index in [1.807, 2.05) is 17.8 Å². The predicted molar refractivity (Wildman–Crippen MR) is 406 cm³/mol. The van der Waals surface area contributed by atoms with Crippen LogP contribution in [0.1, 0.15) is 356 Å². The average Bonchev–Trinajstić information content (AvgIpc) is 2.01. The second-order valence-corrected chi connectivity index (χ2v) is 30.6. The Balaban J connectivity index is 5.48. The molecule has 0 heterocycles. The number of nitrogens with one attached hydrogen (secondary N) is 1. The van der Waals surface area contributed by atoms with Crippen LogP contribution in [0.3, 0.4) is 0 Å². The summed E-state index contributed by atoms with van der Waals surface area (Å²) in [7, 11) is 5.47. The second-order valence-electron chi connectivity index (χ2n) is 27.9. The van der Waals surface area contributed by atoms with Crippen molar-refractivity contribution in [2.24, 2.45) is 0 Å². The number of aliphatic hydroxyl groups excluding tert-OH is 4. The van der Waals surface area contributed by atoms with E-state index < -0.39 is 18.2 Å². The first-order chi connectivity index (χ1) is 44.9. The van der Waals surface area contributed by atoms with Crippen molar-refractivity contribution in [3.8, 4) is 0 Å². The zero-order chi connectivity index (χ0) is 67.4. The van der Waals surface area contributed by atoms with E-state index in [9.17, 15) is 30.0 Å². The van der Waals surface area contributed by atoms with Crippen LogP contribution in [0, 0.1) is 0 Å².